The summed E-state index contributed by atoms with van der Waals surface area (Å²) in [6.45, 7) is 10.3. The van der Waals surface area contributed by atoms with E-state index in [4.69, 9.17) is 0 Å². The molecule has 16 heavy (non-hydrogen) atoms. The molecule has 0 aromatic carbocycles. The minimum atomic E-state index is -0.425. The van der Waals surface area contributed by atoms with Gasteiger partial charge in [0.05, 0.1) is 0 Å². The molecule has 94 valence electrons. The van der Waals surface area contributed by atoms with Crippen molar-refractivity contribution in [3.8, 4) is 0 Å². The second-order valence-corrected chi connectivity index (χ2v) is 4.78. The molecule has 0 aliphatic heterocycles. The van der Waals surface area contributed by atoms with Crippen LogP contribution < -0.4 is 10.6 Å². The number of hydrogen-bond donors (Lipinski definition) is 2. The van der Waals surface area contributed by atoms with Crippen LogP contribution in [0, 0.1) is 11.8 Å². The van der Waals surface area contributed by atoms with Crippen molar-refractivity contribution >= 4 is 11.8 Å². The normalized spacial score (nSPS) is 12.7. The molecule has 0 heterocycles. The maximum absolute atomic E-state index is 11.8. The van der Waals surface area contributed by atoms with Crippen LogP contribution in [0.4, 0.5) is 0 Å². The second kappa shape index (κ2) is 7.25. The number of carbonyl (C=O) groups is 2. The summed E-state index contributed by atoms with van der Waals surface area (Å²) < 4.78 is 0. The van der Waals surface area contributed by atoms with E-state index in [1.165, 1.54) is 0 Å². The third kappa shape index (κ3) is 5.73. The zero-order valence-corrected chi connectivity index (χ0v) is 11.0. The van der Waals surface area contributed by atoms with Gasteiger partial charge in [0.25, 0.3) is 0 Å². The first-order chi connectivity index (χ1) is 7.38. The Labute approximate surface area is 98.2 Å². The Hall–Kier alpha value is -1.06. The van der Waals surface area contributed by atoms with Gasteiger partial charge in [-0.15, -0.1) is 0 Å². The number of rotatable bonds is 6. The predicted molar refractivity (Wildman–Crippen MR) is 64.9 cm³/mol. The molecular weight excluding hydrogens is 204 g/mol. The lowest BCUT2D eigenvalue weighted by Crippen LogP contribution is -2.50. The summed E-state index contributed by atoms with van der Waals surface area (Å²) in [5.41, 5.74) is 0. The van der Waals surface area contributed by atoms with Crippen molar-refractivity contribution < 1.29 is 9.59 Å². The van der Waals surface area contributed by atoms with Crippen molar-refractivity contribution in [2.24, 2.45) is 11.8 Å². The van der Waals surface area contributed by atoms with Crippen molar-refractivity contribution in [1.82, 2.24) is 10.6 Å². The van der Waals surface area contributed by atoms with E-state index < -0.39 is 6.04 Å². The summed E-state index contributed by atoms with van der Waals surface area (Å²) >= 11 is 0. The zero-order valence-electron chi connectivity index (χ0n) is 11.0. The molecule has 4 heteroatoms. The predicted octanol–water partition coefficient (Wildman–Crippen LogP) is 1.31. The molecule has 0 fully saturated rings. The first-order valence-electron chi connectivity index (χ1n) is 5.95. The quantitative estimate of drug-likeness (QED) is 0.720. The zero-order chi connectivity index (χ0) is 12.7. The van der Waals surface area contributed by atoms with E-state index >= 15 is 0 Å². The van der Waals surface area contributed by atoms with Crippen LogP contribution in [0.25, 0.3) is 0 Å². The number of carbonyl (C=O) groups excluding carboxylic acids is 2. The Kier molecular flexibility index (Phi) is 6.77. The van der Waals surface area contributed by atoms with Crippen molar-refractivity contribution in [1.29, 1.82) is 0 Å². The number of hydrogen-bond acceptors (Lipinski definition) is 2. The van der Waals surface area contributed by atoms with Crippen LogP contribution in [-0.2, 0) is 9.59 Å². The molecule has 1 atom stereocenters. The topological polar surface area (TPSA) is 58.2 Å². The van der Waals surface area contributed by atoms with Gasteiger partial charge in [-0.2, -0.15) is 0 Å². The van der Waals surface area contributed by atoms with E-state index in [1.54, 1.807) is 6.92 Å². The molecule has 0 aromatic heterocycles. The van der Waals surface area contributed by atoms with Gasteiger partial charge in [0.15, 0.2) is 0 Å². The highest BCUT2D eigenvalue weighted by molar-refractivity contribution is 5.87. The van der Waals surface area contributed by atoms with Crippen LogP contribution in [0.15, 0.2) is 0 Å². The third-order valence-electron chi connectivity index (χ3n) is 2.27. The molecule has 0 aromatic rings. The Morgan fingerprint density at radius 1 is 1.12 bits per heavy atom. The van der Waals surface area contributed by atoms with Gasteiger partial charge in [0, 0.05) is 13.0 Å². The Bertz CT molecular complexity index is 237. The summed E-state index contributed by atoms with van der Waals surface area (Å²) in [6.07, 6.45) is 0.403. The Balaban J connectivity index is 4.30. The first kappa shape index (κ1) is 14.9. The molecule has 2 N–H and O–H groups in total. The lowest BCUT2D eigenvalue weighted by molar-refractivity contribution is -0.130. The molecule has 2 amide bonds. The monoisotopic (exact) mass is 228 g/mol. The van der Waals surface area contributed by atoms with Gasteiger partial charge in [0.2, 0.25) is 11.8 Å². The molecule has 0 saturated carbocycles. The van der Waals surface area contributed by atoms with Crippen molar-refractivity contribution in [3.05, 3.63) is 0 Å². The summed E-state index contributed by atoms with van der Waals surface area (Å²) in [5.74, 6) is 0.338. The summed E-state index contributed by atoms with van der Waals surface area (Å²) in [7, 11) is 0. The fourth-order valence-electron chi connectivity index (χ4n) is 1.23. The smallest absolute Gasteiger partial charge is 0.242 e. The van der Waals surface area contributed by atoms with Crippen LogP contribution >= 0.6 is 0 Å². The maximum atomic E-state index is 11.8. The molecule has 0 aliphatic rings. The highest BCUT2D eigenvalue weighted by atomic mass is 16.2. The number of nitrogens with one attached hydrogen (secondary N) is 2. The molecule has 4 nitrogen and oxygen atoms in total. The van der Waals surface area contributed by atoms with Crippen LogP contribution in [0.1, 0.15) is 41.0 Å². The van der Waals surface area contributed by atoms with E-state index in [-0.39, 0.29) is 17.7 Å². The van der Waals surface area contributed by atoms with Gasteiger partial charge >= 0.3 is 0 Å². The number of amides is 2. The first-order valence-corrected chi connectivity index (χ1v) is 5.95. The Morgan fingerprint density at radius 3 is 2.06 bits per heavy atom. The van der Waals surface area contributed by atoms with Gasteiger partial charge in [-0.25, -0.2) is 0 Å². The molecule has 0 aliphatic carbocycles. The van der Waals surface area contributed by atoms with Crippen LogP contribution in [0.3, 0.4) is 0 Å². The lowest BCUT2D eigenvalue weighted by Gasteiger charge is -2.22. The minimum Gasteiger partial charge on any atom is -0.354 e. The standard InChI is InChI=1S/C12H24N2O2/c1-6-10(15)14-11(9(4)5)12(16)13-7-8(2)3/h8-9,11H,6-7H2,1-5H3,(H,13,16)(H,14,15). The highest BCUT2D eigenvalue weighted by Crippen LogP contribution is 2.02. The van der Waals surface area contributed by atoms with Gasteiger partial charge in [-0.3, -0.25) is 9.59 Å². The third-order valence-corrected chi connectivity index (χ3v) is 2.27. The molecule has 0 bridgehead atoms. The Morgan fingerprint density at radius 2 is 1.69 bits per heavy atom. The van der Waals surface area contributed by atoms with Crippen LogP contribution in [-0.4, -0.2) is 24.4 Å². The van der Waals surface area contributed by atoms with Crippen molar-refractivity contribution in [2.45, 2.75) is 47.1 Å². The average Bonchev–Trinajstić information content (AvgIpc) is 2.21. The average molecular weight is 228 g/mol. The molecule has 0 saturated heterocycles. The highest BCUT2D eigenvalue weighted by Gasteiger charge is 2.23. The summed E-state index contributed by atoms with van der Waals surface area (Å²) in [6, 6.07) is -0.425. The van der Waals surface area contributed by atoms with Gasteiger partial charge in [-0.05, 0) is 11.8 Å². The van der Waals surface area contributed by atoms with Crippen molar-refractivity contribution in [3.63, 3.8) is 0 Å². The van der Waals surface area contributed by atoms with Gasteiger partial charge in [-0.1, -0.05) is 34.6 Å². The van der Waals surface area contributed by atoms with Crippen LogP contribution in [0.5, 0.6) is 0 Å². The summed E-state index contributed by atoms with van der Waals surface area (Å²) in [5, 5.41) is 5.58. The van der Waals surface area contributed by atoms with Gasteiger partial charge < -0.3 is 10.6 Å². The fourth-order valence-corrected chi connectivity index (χ4v) is 1.23. The van der Waals surface area contributed by atoms with Gasteiger partial charge in [0.1, 0.15) is 6.04 Å². The second-order valence-electron chi connectivity index (χ2n) is 4.78. The SMILES string of the molecule is CCC(=O)NC(C(=O)NCC(C)C)C(C)C. The molecule has 0 radical (unpaired) electrons. The molecule has 0 rings (SSSR count). The largest absolute Gasteiger partial charge is 0.354 e. The summed E-state index contributed by atoms with van der Waals surface area (Å²) in [4.78, 5) is 23.1. The molecular formula is C12H24N2O2. The maximum Gasteiger partial charge on any atom is 0.242 e. The molecule has 0 spiro atoms. The van der Waals surface area contributed by atoms with E-state index in [2.05, 4.69) is 10.6 Å². The van der Waals surface area contributed by atoms with Crippen molar-refractivity contribution in [2.75, 3.05) is 6.54 Å². The van der Waals surface area contributed by atoms with E-state index in [9.17, 15) is 9.59 Å². The fraction of sp³-hybridized carbons (Fsp3) is 0.833. The van der Waals surface area contributed by atoms with E-state index in [0.717, 1.165) is 0 Å². The van der Waals surface area contributed by atoms with E-state index in [0.29, 0.717) is 18.9 Å². The molecule has 1 unspecified atom stereocenters. The minimum absolute atomic E-state index is 0.0848. The lowest BCUT2D eigenvalue weighted by atomic mass is 10.0. The van der Waals surface area contributed by atoms with Crippen LogP contribution in [0.2, 0.25) is 0 Å². The van der Waals surface area contributed by atoms with E-state index in [1.807, 2.05) is 27.7 Å².